The van der Waals surface area contributed by atoms with Crippen LogP contribution in [0.5, 0.6) is 0 Å². The zero-order chi connectivity index (χ0) is 14.4. The van der Waals surface area contributed by atoms with Crippen LogP contribution in [0, 0.1) is 6.92 Å². The molecule has 5 heteroatoms. The smallest absolute Gasteiger partial charge is 0.329 e. The van der Waals surface area contributed by atoms with Gasteiger partial charge in [0, 0.05) is 12.1 Å². The normalized spacial score (nSPS) is 12.3. The molecule has 0 unspecified atom stereocenters. The minimum absolute atomic E-state index is 0.133. The molecule has 0 aromatic carbocycles. The molecule has 0 saturated heterocycles. The molecule has 102 valence electrons. The molecule has 2 rings (SSSR count). The SMILES string of the molecule is Cc1cnc2c(c1)nc(C(C)C)n2C(C)(C)C(=O)O. The van der Waals surface area contributed by atoms with E-state index in [1.165, 1.54) is 0 Å². The topological polar surface area (TPSA) is 68.0 Å². The number of aliphatic carboxylic acids is 1. The number of nitrogens with zero attached hydrogens (tertiary/aromatic N) is 3. The Balaban J connectivity index is 2.83. The first-order chi connectivity index (χ1) is 8.75. The molecule has 0 amide bonds. The largest absolute Gasteiger partial charge is 0.480 e. The monoisotopic (exact) mass is 261 g/mol. The summed E-state index contributed by atoms with van der Waals surface area (Å²) in [5.41, 5.74) is 1.32. The number of carbonyl (C=O) groups is 1. The van der Waals surface area contributed by atoms with Crippen LogP contribution in [-0.4, -0.2) is 25.6 Å². The zero-order valence-electron chi connectivity index (χ0n) is 11.9. The van der Waals surface area contributed by atoms with Crippen LogP contribution < -0.4 is 0 Å². The molecular weight excluding hydrogens is 242 g/mol. The van der Waals surface area contributed by atoms with Gasteiger partial charge in [0.1, 0.15) is 16.9 Å². The Bertz CT molecular complexity index is 641. The third kappa shape index (κ3) is 2.09. The lowest BCUT2D eigenvalue weighted by Gasteiger charge is -2.25. The Morgan fingerprint density at radius 1 is 1.42 bits per heavy atom. The fourth-order valence-corrected chi connectivity index (χ4v) is 2.12. The predicted molar refractivity (Wildman–Crippen MR) is 73.3 cm³/mol. The van der Waals surface area contributed by atoms with E-state index in [-0.39, 0.29) is 5.92 Å². The molecule has 19 heavy (non-hydrogen) atoms. The van der Waals surface area contributed by atoms with Crippen molar-refractivity contribution in [3.05, 3.63) is 23.7 Å². The molecule has 1 N–H and O–H groups in total. The standard InChI is InChI=1S/C14H19N3O2/c1-8(2)11-16-10-6-9(3)7-15-12(10)17(11)14(4,5)13(18)19/h6-8H,1-5H3,(H,18,19). The van der Waals surface area contributed by atoms with E-state index in [1.54, 1.807) is 24.6 Å². The number of imidazole rings is 1. The van der Waals surface area contributed by atoms with Gasteiger partial charge in [-0.1, -0.05) is 13.8 Å². The molecule has 2 aromatic heterocycles. The summed E-state index contributed by atoms with van der Waals surface area (Å²) < 4.78 is 1.73. The second-order valence-corrected chi connectivity index (χ2v) is 5.68. The number of aryl methyl sites for hydroxylation is 1. The summed E-state index contributed by atoms with van der Waals surface area (Å²) in [4.78, 5) is 20.5. The van der Waals surface area contributed by atoms with Crippen molar-refractivity contribution in [3.8, 4) is 0 Å². The number of aromatic nitrogens is 3. The first-order valence-electron chi connectivity index (χ1n) is 6.34. The molecule has 2 heterocycles. The first kappa shape index (κ1) is 13.5. The van der Waals surface area contributed by atoms with Gasteiger partial charge in [-0.05, 0) is 32.4 Å². The Morgan fingerprint density at radius 2 is 2.05 bits per heavy atom. The van der Waals surface area contributed by atoms with Crippen LogP contribution in [0.1, 0.15) is 45.0 Å². The number of hydrogen-bond acceptors (Lipinski definition) is 3. The van der Waals surface area contributed by atoms with Gasteiger partial charge in [-0.25, -0.2) is 14.8 Å². The predicted octanol–water partition coefficient (Wildman–Crippen LogP) is 2.68. The fourth-order valence-electron chi connectivity index (χ4n) is 2.12. The molecule has 2 aromatic rings. The average molecular weight is 261 g/mol. The highest BCUT2D eigenvalue weighted by atomic mass is 16.4. The molecule has 0 radical (unpaired) electrons. The summed E-state index contributed by atoms with van der Waals surface area (Å²) in [6.07, 6.45) is 1.74. The molecule has 0 aliphatic carbocycles. The second-order valence-electron chi connectivity index (χ2n) is 5.68. The Hall–Kier alpha value is -1.91. The van der Waals surface area contributed by atoms with Gasteiger partial charge >= 0.3 is 5.97 Å². The van der Waals surface area contributed by atoms with E-state index < -0.39 is 11.5 Å². The number of pyridine rings is 1. The van der Waals surface area contributed by atoms with Crippen LogP contribution in [0.25, 0.3) is 11.2 Å². The number of fused-ring (bicyclic) bond motifs is 1. The minimum Gasteiger partial charge on any atom is -0.480 e. The fraction of sp³-hybridized carbons (Fsp3) is 0.500. The van der Waals surface area contributed by atoms with E-state index in [9.17, 15) is 9.90 Å². The summed E-state index contributed by atoms with van der Waals surface area (Å²) >= 11 is 0. The molecule has 0 aliphatic rings. The van der Waals surface area contributed by atoms with E-state index in [2.05, 4.69) is 9.97 Å². The van der Waals surface area contributed by atoms with E-state index in [0.717, 1.165) is 16.9 Å². The van der Waals surface area contributed by atoms with Crippen molar-refractivity contribution in [1.82, 2.24) is 14.5 Å². The van der Waals surface area contributed by atoms with Crippen LogP contribution in [0.3, 0.4) is 0 Å². The molecule has 0 saturated carbocycles. The Morgan fingerprint density at radius 3 is 2.58 bits per heavy atom. The average Bonchev–Trinajstić information content (AvgIpc) is 2.67. The zero-order valence-corrected chi connectivity index (χ0v) is 11.9. The van der Waals surface area contributed by atoms with E-state index >= 15 is 0 Å². The maximum Gasteiger partial charge on any atom is 0.329 e. The van der Waals surface area contributed by atoms with Gasteiger partial charge in [-0.3, -0.25) is 4.57 Å². The first-order valence-corrected chi connectivity index (χ1v) is 6.34. The summed E-state index contributed by atoms with van der Waals surface area (Å²) in [6, 6.07) is 1.93. The van der Waals surface area contributed by atoms with Gasteiger partial charge < -0.3 is 5.11 Å². The van der Waals surface area contributed by atoms with Crippen LogP contribution in [0.15, 0.2) is 12.3 Å². The van der Waals surface area contributed by atoms with Crippen molar-refractivity contribution in [2.24, 2.45) is 0 Å². The lowest BCUT2D eigenvalue weighted by Crippen LogP contribution is -2.37. The number of rotatable bonds is 3. The van der Waals surface area contributed by atoms with E-state index in [1.807, 2.05) is 26.8 Å². The van der Waals surface area contributed by atoms with Crippen LogP contribution in [-0.2, 0) is 10.3 Å². The summed E-state index contributed by atoms with van der Waals surface area (Å²) in [5, 5.41) is 9.46. The highest BCUT2D eigenvalue weighted by Gasteiger charge is 2.34. The molecule has 0 fully saturated rings. The number of carboxylic acids is 1. The van der Waals surface area contributed by atoms with Crippen molar-refractivity contribution >= 4 is 17.1 Å². The van der Waals surface area contributed by atoms with Gasteiger partial charge in [0.25, 0.3) is 0 Å². The van der Waals surface area contributed by atoms with Gasteiger partial charge in [0.05, 0.1) is 0 Å². The number of hydrogen-bond donors (Lipinski definition) is 1. The maximum atomic E-state index is 11.5. The lowest BCUT2D eigenvalue weighted by molar-refractivity contribution is -0.145. The second kappa shape index (κ2) is 4.33. The quantitative estimate of drug-likeness (QED) is 0.922. The Kier molecular flexibility index (Phi) is 3.08. The van der Waals surface area contributed by atoms with Gasteiger partial charge in [-0.2, -0.15) is 0 Å². The van der Waals surface area contributed by atoms with E-state index in [4.69, 9.17) is 0 Å². The third-order valence-corrected chi connectivity index (χ3v) is 3.26. The van der Waals surface area contributed by atoms with Crippen molar-refractivity contribution < 1.29 is 9.90 Å². The molecular formula is C14H19N3O2. The van der Waals surface area contributed by atoms with Crippen LogP contribution >= 0.6 is 0 Å². The molecule has 5 nitrogen and oxygen atoms in total. The van der Waals surface area contributed by atoms with Crippen molar-refractivity contribution in [1.29, 1.82) is 0 Å². The maximum absolute atomic E-state index is 11.5. The molecule has 0 bridgehead atoms. The Labute approximate surface area is 112 Å². The molecule has 0 atom stereocenters. The highest BCUT2D eigenvalue weighted by molar-refractivity contribution is 5.80. The van der Waals surface area contributed by atoms with Gasteiger partial charge in [0.2, 0.25) is 0 Å². The van der Waals surface area contributed by atoms with Crippen LogP contribution in [0.2, 0.25) is 0 Å². The summed E-state index contributed by atoms with van der Waals surface area (Å²) in [7, 11) is 0. The van der Waals surface area contributed by atoms with Crippen LogP contribution in [0.4, 0.5) is 0 Å². The van der Waals surface area contributed by atoms with Gasteiger partial charge in [0.15, 0.2) is 5.65 Å². The van der Waals surface area contributed by atoms with Gasteiger partial charge in [-0.15, -0.1) is 0 Å². The molecule has 0 spiro atoms. The van der Waals surface area contributed by atoms with Crippen molar-refractivity contribution in [3.63, 3.8) is 0 Å². The third-order valence-electron chi connectivity index (χ3n) is 3.26. The van der Waals surface area contributed by atoms with Crippen molar-refractivity contribution in [2.75, 3.05) is 0 Å². The molecule has 0 aliphatic heterocycles. The van der Waals surface area contributed by atoms with E-state index in [0.29, 0.717) is 5.65 Å². The van der Waals surface area contributed by atoms with Crippen molar-refractivity contribution in [2.45, 2.75) is 46.1 Å². The number of carboxylic acid groups (broad SMARTS) is 1. The highest BCUT2D eigenvalue weighted by Crippen LogP contribution is 2.28. The summed E-state index contributed by atoms with van der Waals surface area (Å²) in [5.74, 6) is -0.00953. The summed E-state index contributed by atoms with van der Waals surface area (Å²) in [6.45, 7) is 9.29. The lowest BCUT2D eigenvalue weighted by atomic mass is 10.0. The minimum atomic E-state index is -1.07.